The Bertz CT molecular complexity index is 1390. The SMILES string of the molecule is CC1=CC(C)(C)N(C)c2cc(C)c(/C=C3\SC(=Nc4ccccc4)N(c4ccccc4)C3=O)cc21. The monoisotopic (exact) mass is 479 g/mol. The average Bonchev–Trinajstić information content (AvgIpc) is 3.14. The number of fused-ring (bicyclic) bond motifs is 1. The van der Waals surface area contributed by atoms with Gasteiger partial charge >= 0.3 is 0 Å². The van der Waals surface area contributed by atoms with E-state index in [1.165, 1.54) is 28.6 Å². The van der Waals surface area contributed by atoms with Crippen LogP contribution in [-0.2, 0) is 4.79 Å². The molecule has 35 heavy (non-hydrogen) atoms. The van der Waals surface area contributed by atoms with Gasteiger partial charge in [-0.15, -0.1) is 0 Å². The summed E-state index contributed by atoms with van der Waals surface area (Å²) >= 11 is 1.42. The molecule has 5 rings (SSSR count). The van der Waals surface area contributed by atoms with Crippen molar-refractivity contribution in [1.82, 2.24) is 0 Å². The number of carbonyl (C=O) groups excluding carboxylic acids is 1. The van der Waals surface area contributed by atoms with E-state index in [-0.39, 0.29) is 11.4 Å². The van der Waals surface area contributed by atoms with E-state index < -0.39 is 0 Å². The Morgan fingerprint density at radius 2 is 1.60 bits per heavy atom. The number of thioether (sulfide) groups is 1. The third kappa shape index (κ3) is 4.32. The molecule has 0 N–H and O–H groups in total. The van der Waals surface area contributed by atoms with Gasteiger partial charge in [-0.1, -0.05) is 42.5 Å². The van der Waals surface area contributed by atoms with Crippen LogP contribution in [0.5, 0.6) is 0 Å². The van der Waals surface area contributed by atoms with Gasteiger partial charge in [-0.2, -0.15) is 0 Å². The Kier molecular flexibility index (Phi) is 5.89. The Hall–Kier alpha value is -3.57. The summed E-state index contributed by atoms with van der Waals surface area (Å²) in [6.07, 6.45) is 4.32. The summed E-state index contributed by atoms with van der Waals surface area (Å²) in [6, 6.07) is 23.9. The molecule has 0 unspecified atom stereocenters. The molecule has 4 nitrogen and oxygen atoms in total. The lowest BCUT2D eigenvalue weighted by atomic mass is 9.87. The van der Waals surface area contributed by atoms with Crippen molar-refractivity contribution in [3.8, 4) is 0 Å². The molecule has 0 bridgehead atoms. The summed E-state index contributed by atoms with van der Waals surface area (Å²) in [7, 11) is 2.14. The lowest BCUT2D eigenvalue weighted by molar-refractivity contribution is -0.113. The van der Waals surface area contributed by atoms with Gasteiger partial charge in [0.2, 0.25) is 0 Å². The third-order valence-electron chi connectivity index (χ3n) is 6.69. The van der Waals surface area contributed by atoms with E-state index >= 15 is 0 Å². The van der Waals surface area contributed by atoms with Crippen molar-refractivity contribution in [2.45, 2.75) is 33.2 Å². The second-order valence-corrected chi connectivity index (χ2v) is 10.6. The van der Waals surface area contributed by atoms with Crippen molar-refractivity contribution in [2.75, 3.05) is 16.8 Å². The topological polar surface area (TPSA) is 35.9 Å². The minimum atomic E-state index is -0.0569. The van der Waals surface area contributed by atoms with E-state index in [1.54, 1.807) is 4.90 Å². The molecular formula is C30H29N3OS. The van der Waals surface area contributed by atoms with Gasteiger partial charge in [0.15, 0.2) is 5.17 Å². The number of aryl methyl sites for hydroxylation is 1. The predicted octanol–water partition coefficient (Wildman–Crippen LogP) is 7.44. The van der Waals surface area contributed by atoms with Crippen molar-refractivity contribution in [2.24, 2.45) is 4.99 Å². The maximum atomic E-state index is 13.6. The molecule has 3 aromatic carbocycles. The molecule has 2 aliphatic heterocycles. The van der Waals surface area contributed by atoms with Crippen LogP contribution in [0, 0.1) is 6.92 Å². The molecule has 2 heterocycles. The zero-order chi connectivity index (χ0) is 24.7. The van der Waals surface area contributed by atoms with Crippen molar-refractivity contribution >= 4 is 51.5 Å². The quantitative estimate of drug-likeness (QED) is 0.366. The first kappa shape index (κ1) is 23.2. The highest BCUT2D eigenvalue weighted by molar-refractivity contribution is 8.19. The lowest BCUT2D eigenvalue weighted by Crippen LogP contribution is -2.42. The highest BCUT2D eigenvalue weighted by atomic mass is 32.2. The van der Waals surface area contributed by atoms with Crippen LogP contribution in [0.1, 0.15) is 37.5 Å². The molecule has 2 aliphatic rings. The number of aliphatic imine (C=N–C) groups is 1. The lowest BCUT2D eigenvalue weighted by Gasteiger charge is -2.41. The molecule has 0 spiro atoms. The molecule has 3 aromatic rings. The summed E-state index contributed by atoms with van der Waals surface area (Å²) in [5.74, 6) is -0.0569. The van der Waals surface area contributed by atoms with Gasteiger partial charge in [-0.25, -0.2) is 4.99 Å². The van der Waals surface area contributed by atoms with Crippen LogP contribution in [0.4, 0.5) is 17.1 Å². The molecule has 0 radical (unpaired) electrons. The summed E-state index contributed by atoms with van der Waals surface area (Å²) in [6.45, 7) is 8.73. The Morgan fingerprint density at radius 3 is 2.29 bits per heavy atom. The minimum absolute atomic E-state index is 0.0419. The fourth-order valence-electron chi connectivity index (χ4n) is 4.58. The zero-order valence-electron chi connectivity index (χ0n) is 20.7. The van der Waals surface area contributed by atoms with Crippen LogP contribution in [0.25, 0.3) is 11.6 Å². The van der Waals surface area contributed by atoms with Gasteiger partial charge in [0.05, 0.1) is 21.8 Å². The Balaban J connectivity index is 1.58. The van der Waals surface area contributed by atoms with E-state index in [1.807, 2.05) is 66.7 Å². The number of para-hydroxylation sites is 2. The van der Waals surface area contributed by atoms with E-state index in [0.717, 1.165) is 22.5 Å². The fourth-order valence-corrected chi connectivity index (χ4v) is 5.57. The van der Waals surface area contributed by atoms with E-state index in [2.05, 4.69) is 57.9 Å². The van der Waals surface area contributed by atoms with Crippen LogP contribution < -0.4 is 9.80 Å². The molecule has 176 valence electrons. The molecule has 1 saturated heterocycles. The highest BCUT2D eigenvalue weighted by Crippen LogP contribution is 2.41. The van der Waals surface area contributed by atoms with E-state index in [9.17, 15) is 4.79 Å². The Labute approximate surface area is 211 Å². The van der Waals surface area contributed by atoms with E-state index in [4.69, 9.17) is 4.99 Å². The molecular weight excluding hydrogens is 450 g/mol. The zero-order valence-corrected chi connectivity index (χ0v) is 21.6. The maximum absolute atomic E-state index is 13.6. The number of amidine groups is 1. The summed E-state index contributed by atoms with van der Waals surface area (Å²) in [5.41, 5.74) is 7.46. The summed E-state index contributed by atoms with van der Waals surface area (Å²) in [4.78, 5) is 23.2. The number of nitrogens with zero attached hydrogens (tertiary/aromatic N) is 3. The molecule has 5 heteroatoms. The number of allylic oxidation sites excluding steroid dienone is 1. The minimum Gasteiger partial charge on any atom is -0.365 e. The highest BCUT2D eigenvalue weighted by Gasteiger charge is 2.35. The van der Waals surface area contributed by atoms with Gasteiger partial charge in [0.1, 0.15) is 0 Å². The summed E-state index contributed by atoms with van der Waals surface area (Å²) in [5, 5.41) is 0.659. The maximum Gasteiger partial charge on any atom is 0.271 e. The molecule has 1 amide bonds. The summed E-state index contributed by atoms with van der Waals surface area (Å²) < 4.78 is 0. The van der Waals surface area contributed by atoms with Crippen molar-refractivity contribution in [1.29, 1.82) is 0 Å². The van der Waals surface area contributed by atoms with Crippen molar-refractivity contribution < 1.29 is 4.79 Å². The largest absolute Gasteiger partial charge is 0.365 e. The number of hydrogen-bond donors (Lipinski definition) is 0. The number of anilines is 2. The first-order chi connectivity index (χ1) is 16.7. The standard InChI is InChI=1S/C30H29N3OS/c1-20-16-26-25(21(2)19-30(3,4)32(26)5)17-22(20)18-27-28(34)33(24-14-10-7-11-15-24)29(35-27)31-23-12-8-6-9-13-23/h6-19H,1-5H3/b27-18-,31-29?. The molecule has 1 fully saturated rings. The number of hydrogen-bond acceptors (Lipinski definition) is 4. The fraction of sp³-hybridized carbons (Fsp3) is 0.200. The molecule has 0 atom stereocenters. The molecule has 0 saturated carbocycles. The van der Waals surface area contributed by atoms with Gasteiger partial charge < -0.3 is 4.90 Å². The van der Waals surface area contributed by atoms with Crippen LogP contribution in [-0.4, -0.2) is 23.7 Å². The van der Waals surface area contributed by atoms with Crippen molar-refractivity contribution in [3.05, 3.63) is 100 Å². The van der Waals surface area contributed by atoms with Crippen LogP contribution in [0.15, 0.2) is 88.8 Å². The van der Waals surface area contributed by atoms with Crippen LogP contribution in [0.2, 0.25) is 0 Å². The number of amides is 1. The van der Waals surface area contributed by atoms with E-state index in [0.29, 0.717) is 10.1 Å². The molecule has 0 aliphatic carbocycles. The predicted molar refractivity (Wildman–Crippen MR) is 150 cm³/mol. The normalized spacial score (nSPS) is 19.3. The van der Waals surface area contributed by atoms with Gasteiger partial charge in [0, 0.05) is 18.3 Å². The van der Waals surface area contributed by atoms with Crippen molar-refractivity contribution in [3.63, 3.8) is 0 Å². The van der Waals surface area contributed by atoms with Gasteiger partial charge in [-0.3, -0.25) is 9.69 Å². The number of carbonyl (C=O) groups is 1. The van der Waals surface area contributed by atoms with Crippen LogP contribution >= 0.6 is 11.8 Å². The number of rotatable bonds is 3. The number of likely N-dealkylation sites (N-methyl/N-ethyl adjacent to an activating group) is 1. The van der Waals surface area contributed by atoms with Gasteiger partial charge in [0.25, 0.3) is 5.91 Å². The van der Waals surface area contributed by atoms with Crippen LogP contribution in [0.3, 0.4) is 0 Å². The number of benzene rings is 3. The average molecular weight is 480 g/mol. The van der Waals surface area contributed by atoms with Gasteiger partial charge in [-0.05, 0) is 98.6 Å². The first-order valence-electron chi connectivity index (χ1n) is 11.8. The second-order valence-electron chi connectivity index (χ2n) is 9.58. The molecule has 0 aromatic heterocycles. The smallest absolute Gasteiger partial charge is 0.271 e. The second kappa shape index (κ2) is 8.90. The first-order valence-corrected chi connectivity index (χ1v) is 12.6. The third-order valence-corrected chi connectivity index (χ3v) is 7.66. The Morgan fingerprint density at radius 1 is 0.943 bits per heavy atom.